The molecule has 0 saturated carbocycles. The van der Waals surface area contributed by atoms with Gasteiger partial charge in [-0.05, 0) is 36.5 Å². The van der Waals surface area contributed by atoms with Crippen molar-refractivity contribution in [2.45, 2.75) is 12.8 Å². The Morgan fingerprint density at radius 1 is 1.39 bits per heavy atom. The van der Waals surface area contributed by atoms with Gasteiger partial charge in [-0.1, -0.05) is 12.1 Å². The Balaban J connectivity index is 1.86. The number of hydrazine groups is 1. The van der Waals surface area contributed by atoms with Crippen LogP contribution in [0, 0.1) is 5.92 Å². The van der Waals surface area contributed by atoms with Crippen LogP contribution in [0.3, 0.4) is 0 Å². The van der Waals surface area contributed by atoms with Crippen LogP contribution in [0.4, 0.5) is 0 Å². The van der Waals surface area contributed by atoms with Crippen LogP contribution in [0.1, 0.15) is 12.0 Å². The minimum Gasteiger partial charge on any atom is -0.491 e. The summed E-state index contributed by atoms with van der Waals surface area (Å²) in [6, 6.07) is 8.31. The summed E-state index contributed by atoms with van der Waals surface area (Å²) >= 11 is 0. The van der Waals surface area contributed by atoms with E-state index < -0.39 is 0 Å². The molecule has 100 valence electrons. The molecule has 2 N–H and O–H groups in total. The van der Waals surface area contributed by atoms with E-state index in [-0.39, 0.29) is 0 Å². The highest BCUT2D eigenvalue weighted by Crippen LogP contribution is 2.21. The predicted octanol–water partition coefficient (Wildman–Crippen LogP) is 1.45. The third-order valence-electron chi connectivity index (χ3n) is 3.30. The van der Waals surface area contributed by atoms with E-state index in [9.17, 15) is 0 Å². The SMILES string of the molecule is COCCOc1cccc(CC2CCN(N)C2)c1. The van der Waals surface area contributed by atoms with Crippen molar-refractivity contribution in [2.75, 3.05) is 33.4 Å². The number of hydrogen-bond acceptors (Lipinski definition) is 4. The molecule has 18 heavy (non-hydrogen) atoms. The molecule has 0 aromatic heterocycles. The van der Waals surface area contributed by atoms with Crippen LogP contribution in [0.25, 0.3) is 0 Å². The highest BCUT2D eigenvalue weighted by atomic mass is 16.5. The van der Waals surface area contributed by atoms with Crippen molar-refractivity contribution in [3.8, 4) is 5.75 Å². The molecule has 1 aliphatic heterocycles. The van der Waals surface area contributed by atoms with Gasteiger partial charge in [0.15, 0.2) is 0 Å². The van der Waals surface area contributed by atoms with Gasteiger partial charge in [0.25, 0.3) is 0 Å². The molecule has 0 aliphatic carbocycles. The van der Waals surface area contributed by atoms with E-state index in [1.165, 1.54) is 12.0 Å². The lowest BCUT2D eigenvalue weighted by atomic mass is 9.99. The van der Waals surface area contributed by atoms with Gasteiger partial charge >= 0.3 is 0 Å². The number of hydrogen-bond donors (Lipinski definition) is 1. The van der Waals surface area contributed by atoms with E-state index >= 15 is 0 Å². The van der Waals surface area contributed by atoms with Crippen molar-refractivity contribution in [1.82, 2.24) is 5.01 Å². The topological polar surface area (TPSA) is 47.7 Å². The molecule has 2 rings (SSSR count). The Kier molecular flexibility index (Phi) is 4.99. The van der Waals surface area contributed by atoms with Crippen molar-refractivity contribution in [3.63, 3.8) is 0 Å². The van der Waals surface area contributed by atoms with E-state index in [1.54, 1.807) is 7.11 Å². The number of ether oxygens (including phenoxy) is 2. The van der Waals surface area contributed by atoms with Crippen molar-refractivity contribution in [3.05, 3.63) is 29.8 Å². The van der Waals surface area contributed by atoms with E-state index in [1.807, 2.05) is 17.1 Å². The average molecular weight is 250 g/mol. The lowest BCUT2D eigenvalue weighted by Crippen LogP contribution is -2.28. The van der Waals surface area contributed by atoms with Gasteiger partial charge in [0.05, 0.1) is 6.61 Å². The minimum atomic E-state index is 0.597. The lowest BCUT2D eigenvalue weighted by molar-refractivity contribution is 0.146. The second-order valence-electron chi connectivity index (χ2n) is 4.84. The van der Waals surface area contributed by atoms with Crippen molar-refractivity contribution in [1.29, 1.82) is 0 Å². The van der Waals surface area contributed by atoms with Crippen LogP contribution < -0.4 is 10.6 Å². The summed E-state index contributed by atoms with van der Waals surface area (Å²) in [6.07, 6.45) is 2.26. The summed E-state index contributed by atoms with van der Waals surface area (Å²) in [4.78, 5) is 0. The number of methoxy groups -OCH3 is 1. The monoisotopic (exact) mass is 250 g/mol. The molecule has 1 unspecified atom stereocenters. The zero-order valence-electron chi connectivity index (χ0n) is 11.0. The van der Waals surface area contributed by atoms with E-state index in [0.717, 1.165) is 25.3 Å². The lowest BCUT2D eigenvalue weighted by Gasteiger charge is -2.11. The Labute approximate surface area is 109 Å². The summed E-state index contributed by atoms with van der Waals surface area (Å²) in [7, 11) is 1.68. The van der Waals surface area contributed by atoms with Crippen LogP contribution in [0.2, 0.25) is 0 Å². The number of rotatable bonds is 6. The summed E-state index contributed by atoms with van der Waals surface area (Å²) in [5, 5.41) is 1.91. The number of nitrogens with two attached hydrogens (primary N) is 1. The predicted molar refractivity (Wildman–Crippen MR) is 71.4 cm³/mol. The van der Waals surface area contributed by atoms with E-state index in [0.29, 0.717) is 19.1 Å². The number of nitrogens with zero attached hydrogens (tertiary/aromatic N) is 1. The molecule has 1 aromatic rings. The van der Waals surface area contributed by atoms with Crippen molar-refractivity contribution < 1.29 is 9.47 Å². The highest BCUT2D eigenvalue weighted by Gasteiger charge is 2.20. The fraction of sp³-hybridized carbons (Fsp3) is 0.571. The van der Waals surface area contributed by atoms with Crippen LogP contribution in [0.15, 0.2) is 24.3 Å². The largest absolute Gasteiger partial charge is 0.491 e. The van der Waals surface area contributed by atoms with Crippen molar-refractivity contribution in [2.24, 2.45) is 11.8 Å². The first-order chi connectivity index (χ1) is 8.78. The van der Waals surface area contributed by atoms with Gasteiger partial charge in [-0.3, -0.25) is 5.84 Å². The summed E-state index contributed by atoms with van der Waals surface area (Å²) in [5.41, 5.74) is 1.32. The molecule has 4 heteroatoms. The van der Waals surface area contributed by atoms with Gasteiger partial charge in [0.2, 0.25) is 0 Å². The van der Waals surface area contributed by atoms with Crippen LogP contribution in [-0.2, 0) is 11.2 Å². The molecule has 1 aliphatic rings. The van der Waals surface area contributed by atoms with Crippen molar-refractivity contribution >= 4 is 0 Å². The number of benzene rings is 1. The zero-order chi connectivity index (χ0) is 12.8. The Morgan fingerprint density at radius 3 is 3.00 bits per heavy atom. The molecular weight excluding hydrogens is 228 g/mol. The molecule has 0 radical (unpaired) electrons. The molecule has 1 saturated heterocycles. The molecule has 4 nitrogen and oxygen atoms in total. The highest BCUT2D eigenvalue weighted by molar-refractivity contribution is 5.28. The van der Waals surface area contributed by atoms with E-state index in [4.69, 9.17) is 15.3 Å². The first kappa shape index (κ1) is 13.3. The first-order valence-corrected chi connectivity index (χ1v) is 6.48. The average Bonchev–Trinajstić information content (AvgIpc) is 2.76. The maximum Gasteiger partial charge on any atom is 0.119 e. The zero-order valence-corrected chi connectivity index (χ0v) is 11.0. The second kappa shape index (κ2) is 6.73. The van der Waals surface area contributed by atoms with E-state index in [2.05, 4.69) is 12.1 Å². The summed E-state index contributed by atoms with van der Waals surface area (Å²) in [5.74, 6) is 7.38. The first-order valence-electron chi connectivity index (χ1n) is 6.48. The van der Waals surface area contributed by atoms with Gasteiger partial charge < -0.3 is 9.47 Å². The third-order valence-corrected chi connectivity index (χ3v) is 3.30. The smallest absolute Gasteiger partial charge is 0.119 e. The molecule has 0 bridgehead atoms. The minimum absolute atomic E-state index is 0.597. The maximum absolute atomic E-state index is 5.78. The molecule has 1 atom stereocenters. The Morgan fingerprint density at radius 2 is 2.28 bits per heavy atom. The van der Waals surface area contributed by atoms with Gasteiger partial charge in [-0.2, -0.15) is 0 Å². The van der Waals surface area contributed by atoms with Gasteiger partial charge in [-0.15, -0.1) is 0 Å². The molecule has 1 fully saturated rings. The van der Waals surface area contributed by atoms with Gasteiger partial charge in [-0.25, -0.2) is 5.01 Å². The van der Waals surface area contributed by atoms with Crippen LogP contribution >= 0.6 is 0 Å². The third kappa shape index (κ3) is 3.98. The molecular formula is C14H22N2O2. The van der Waals surface area contributed by atoms with Crippen LogP contribution in [-0.4, -0.2) is 38.4 Å². The summed E-state index contributed by atoms with van der Waals surface area (Å²) in [6.45, 7) is 3.22. The van der Waals surface area contributed by atoms with Gasteiger partial charge in [0.1, 0.15) is 12.4 Å². The standard InChI is InChI=1S/C14H22N2O2/c1-17-7-8-18-14-4-2-3-12(10-14)9-13-5-6-16(15)11-13/h2-4,10,13H,5-9,11,15H2,1H3. The van der Waals surface area contributed by atoms with Gasteiger partial charge in [0, 0.05) is 20.2 Å². The quantitative estimate of drug-likeness (QED) is 0.613. The summed E-state index contributed by atoms with van der Waals surface area (Å²) < 4.78 is 10.6. The second-order valence-corrected chi connectivity index (χ2v) is 4.84. The molecule has 0 spiro atoms. The molecule has 1 aromatic carbocycles. The fourth-order valence-electron chi connectivity index (χ4n) is 2.37. The van der Waals surface area contributed by atoms with Crippen LogP contribution in [0.5, 0.6) is 5.75 Å². The molecule has 0 amide bonds. The fourth-order valence-corrected chi connectivity index (χ4v) is 2.37. The molecule has 1 heterocycles. The Hall–Kier alpha value is -1.10. The normalized spacial score (nSPS) is 20.2. The Bertz CT molecular complexity index is 371. The maximum atomic E-state index is 5.78.